The monoisotopic (exact) mass is 393 g/mol. The van der Waals surface area contributed by atoms with Gasteiger partial charge in [-0.05, 0) is 42.3 Å². The van der Waals surface area contributed by atoms with Crippen LogP contribution in [0.4, 0.5) is 14.9 Å². The van der Waals surface area contributed by atoms with Gasteiger partial charge in [0.1, 0.15) is 5.82 Å². The van der Waals surface area contributed by atoms with Crippen molar-refractivity contribution in [1.29, 1.82) is 0 Å². The van der Waals surface area contributed by atoms with E-state index >= 15 is 0 Å². The SMILES string of the molecule is Cc1cncc(N2CCC(O)(OC(=O)NCc3cc(F)cc(Cl)c3)C2=O)c1. The summed E-state index contributed by atoms with van der Waals surface area (Å²) in [6, 6.07) is 5.56. The number of anilines is 1. The molecule has 2 amide bonds. The van der Waals surface area contributed by atoms with E-state index in [9.17, 15) is 19.1 Å². The Kier molecular flexibility index (Phi) is 5.29. The highest BCUT2D eigenvalue weighted by atomic mass is 35.5. The van der Waals surface area contributed by atoms with Gasteiger partial charge in [0, 0.05) is 30.7 Å². The van der Waals surface area contributed by atoms with E-state index in [1.54, 1.807) is 12.3 Å². The number of aromatic nitrogens is 1. The summed E-state index contributed by atoms with van der Waals surface area (Å²) in [6.45, 7) is 1.92. The van der Waals surface area contributed by atoms with Crippen molar-refractivity contribution in [1.82, 2.24) is 10.3 Å². The second-order valence-corrected chi connectivity index (χ2v) is 6.67. The lowest BCUT2D eigenvalue weighted by Gasteiger charge is -2.22. The molecule has 2 heterocycles. The molecule has 142 valence electrons. The van der Waals surface area contributed by atoms with Crippen LogP contribution < -0.4 is 10.2 Å². The van der Waals surface area contributed by atoms with Gasteiger partial charge in [0.25, 0.3) is 11.7 Å². The number of pyridine rings is 1. The molecule has 1 fully saturated rings. The topological polar surface area (TPSA) is 91.8 Å². The van der Waals surface area contributed by atoms with Gasteiger partial charge in [-0.2, -0.15) is 0 Å². The second kappa shape index (κ2) is 7.50. The van der Waals surface area contributed by atoms with Crippen LogP contribution in [-0.2, 0) is 16.1 Å². The molecule has 0 radical (unpaired) electrons. The van der Waals surface area contributed by atoms with E-state index in [4.69, 9.17) is 16.3 Å². The molecule has 3 rings (SSSR count). The zero-order chi connectivity index (χ0) is 19.6. The zero-order valence-electron chi connectivity index (χ0n) is 14.4. The maximum Gasteiger partial charge on any atom is 0.410 e. The van der Waals surface area contributed by atoms with Crippen LogP contribution in [0.5, 0.6) is 0 Å². The molecular weight excluding hydrogens is 377 g/mol. The Hall–Kier alpha value is -2.71. The maximum atomic E-state index is 13.3. The molecule has 0 saturated carbocycles. The minimum atomic E-state index is -2.27. The number of aryl methyl sites for hydroxylation is 1. The van der Waals surface area contributed by atoms with Gasteiger partial charge in [-0.25, -0.2) is 9.18 Å². The number of carbonyl (C=O) groups excluding carboxylic acids is 2. The quantitative estimate of drug-likeness (QED) is 0.779. The molecule has 0 spiro atoms. The van der Waals surface area contributed by atoms with E-state index in [1.807, 2.05) is 6.92 Å². The Morgan fingerprint density at radius 2 is 2.19 bits per heavy atom. The van der Waals surface area contributed by atoms with Crippen LogP contribution in [0.3, 0.4) is 0 Å². The third-order valence-corrected chi connectivity index (χ3v) is 4.26. The first-order chi connectivity index (χ1) is 12.8. The van der Waals surface area contributed by atoms with Gasteiger partial charge in [0.15, 0.2) is 0 Å². The number of hydrogen-bond donors (Lipinski definition) is 2. The number of rotatable bonds is 4. The van der Waals surface area contributed by atoms with Crippen molar-refractivity contribution in [3.05, 3.63) is 58.6 Å². The molecule has 9 heteroatoms. The molecule has 2 N–H and O–H groups in total. The van der Waals surface area contributed by atoms with Gasteiger partial charge >= 0.3 is 6.09 Å². The fourth-order valence-electron chi connectivity index (χ4n) is 2.79. The predicted molar refractivity (Wildman–Crippen MR) is 95.6 cm³/mol. The van der Waals surface area contributed by atoms with Gasteiger partial charge in [0.2, 0.25) is 0 Å². The van der Waals surface area contributed by atoms with Crippen molar-refractivity contribution in [3.63, 3.8) is 0 Å². The zero-order valence-corrected chi connectivity index (χ0v) is 15.2. The molecule has 7 nitrogen and oxygen atoms in total. The normalized spacial score (nSPS) is 19.3. The number of alkyl carbamates (subject to hydrolysis) is 1. The van der Waals surface area contributed by atoms with Gasteiger partial charge in [-0.15, -0.1) is 0 Å². The number of nitrogens with zero attached hydrogens (tertiary/aromatic N) is 2. The lowest BCUT2D eigenvalue weighted by atomic mass is 10.2. The lowest BCUT2D eigenvalue weighted by Crippen LogP contribution is -2.46. The third-order valence-electron chi connectivity index (χ3n) is 4.05. The van der Waals surface area contributed by atoms with Crippen LogP contribution >= 0.6 is 11.6 Å². The summed E-state index contributed by atoms with van der Waals surface area (Å²) in [5, 5.41) is 13.0. The number of ether oxygens (including phenoxy) is 1. The summed E-state index contributed by atoms with van der Waals surface area (Å²) in [6.07, 6.45) is 2.04. The minimum Gasteiger partial charge on any atom is -0.407 e. The number of benzene rings is 1. The largest absolute Gasteiger partial charge is 0.410 e. The number of hydrogen-bond acceptors (Lipinski definition) is 5. The first kappa shape index (κ1) is 19.1. The van der Waals surface area contributed by atoms with Crippen LogP contribution in [-0.4, -0.2) is 34.4 Å². The molecule has 1 aromatic heterocycles. The summed E-state index contributed by atoms with van der Waals surface area (Å²) >= 11 is 5.75. The molecule has 1 aromatic carbocycles. The number of amides is 2. The molecule has 1 aliphatic rings. The van der Waals surface area contributed by atoms with Crippen molar-refractivity contribution < 1.29 is 23.8 Å². The number of carbonyl (C=O) groups is 2. The minimum absolute atomic E-state index is 0.0773. The maximum absolute atomic E-state index is 13.3. The predicted octanol–water partition coefficient (Wildman–Crippen LogP) is 2.53. The van der Waals surface area contributed by atoms with Gasteiger partial charge in [0.05, 0.1) is 11.9 Å². The highest BCUT2D eigenvalue weighted by Gasteiger charge is 2.49. The third kappa shape index (κ3) is 4.35. The Balaban J connectivity index is 1.62. The van der Waals surface area contributed by atoms with E-state index in [0.29, 0.717) is 11.3 Å². The van der Waals surface area contributed by atoms with Crippen molar-refractivity contribution >= 4 is 29.3 Å². The Morgan fingerprint density at radius 1 is 1.41 bits per heavy atom. The molecule has 0 aliphatic carbocycles. The van der Waals surface area contributed by atoms with E-state index in [1.165, 1.54) is 23.2 Å². The Morgan fingerprint density at radius 3 is 2.89 bits per heavy atom. The summed E-state index contributed by atoms with van der Waals surface area (Å²) in [7, 11) is 0. The fourth-order valence-corrected chi connectivity index (χ4v) is 3.03. The van der Waals surface area contributed by atoms with Crippen molar-refractivity contribution in [2.75, 3.05) is 11.4 Å². The second-order valence-electron chi connectivity index (χ2n) is 6.23. The lowest BCUT2D eigenvalue weighted by molar-refractivity contribution is -0.175. The molecule has 2 aromatic rings. The van der Waals surface area contributed by atoms with Crippen molar-refractivity contribution in [2.45, 2.75) is 25.7 Å². The van der Waals surface area contributed by atoms with Crippen LogP contribution in [0.25, 0.3) is 0 Å². The smallest absolute Gasteiger partial charge is 0.407 e. The average molecular weight is 394 g/mol. The number of halogens is 2. The fraction of sp³-hybridized carbons (Fsp3) is 0.278. The first-order valence-electron chi connectivity index (χ1n) is 8.15. The van der Waals surface area contributed by atoms with Crippen LogP contribution in [0.2, 0.25) is 5.02 Å². The summed E-state index contributed by atoms with van der Waals surface area (Å²) in [4.78, 5) is 29.8. The van der Waals surface area contributed by atoms with Crippen LogP contribution in [0, 0.1) is 12.7 Å². The van der Waals surface area contributed by atoms with Crippen molar-refractivity contribution in [3.8, 4) is 0 Å². The van der Waals surface area contributed by atoms with Gasteiger partial charge < -0.3 is 20.1 Å². The Bertz CT molecular complexity index is 874. The highest BCUT2D eigenvalue weighted by molar-refractivity contribution is 6.30. The van der Waals surface area contributed by atoms with E-state index < -0.39 is 23.6 Å². The summed E-state index contributed by atoms with van der Waals surface area (Å²) in [5.41, 5.74) is 1.77. The number of nitrogens with one attached hydrogen (secondary N) is 1. The standard InChI is InChI=1S/C18H17ClFN3O4/c1-11-4-15(10-21-8-11)23-3-2-18(26,16(23)24)27-17(25)22-9-12-5-13(19)7-14(20)6-12/h4-8,10,26H,2-3,9H2,1H3,(H,22,25). The Labute approximate surface area is 159 Å². The molecule has 1 aliphatic heterocycles. The molecule has 1 unspecified atom stereocenters. The van der Waals surface area contributed by atoms with Crippen molar-refractivity contribution in [2.24, 2.45) is 0 Å². The highest BCUT2D eigenvalue weighted by Crippen LogP contribution is 2.29. The molecule has 1 saturated heterocycles. The van der Waals surface area contributed by atoms with E-state index in [0.717, 1.165) is 11.6 Å². The summed E-state index contributed by atoms with van der Waals surface area (Å²) < 4.78 is 18.2. The van der Waals surface area contributed by atoms with Gasteiger partial charge in [-0.3, -0.25) is 9.78 Å². The molecular formula is C18H17ClFN3O4. The van der Waals surface area contributed by atoms with Gasteiger partial charge in [-0.1, -0.05) is 11.6 Å². The average Bonchev–Trinajstić information content (AvgIpc) is 2.87. The first-order valence-corrected chi connectivity index (χ1v) is 8.52. The molecule has 27 heavy (non-hydrogen) atoms. The molecule has 1 atom stereocenters. The van der Waals surface area contributed by atoms with Crippen LogP contribution in [0.1, 0.15) is 17.5 Å². The summed E-state index contributed by atoms with van der Waals surface area (Å²) in [5.74, 6) is -3.56. The molecule has 0 bridgehead atoms. The number of aliphatic hydroxyl groups is 1. The van der Waals surface area contributed by atoms with Crippen LogP contribution in [0.15, 0.2) is 36.7 Å². The van der Waals surface area contributed by atoms with E-state index in [-0.39, 0.29) is 24.5 Å². The van der Waals surface area contributed by atoms with E-state index in [2.05, 4.69) is 10.3 Å².